The number of hydrogen-bond donors (Lipinski definition) is 5. The molecule has 0 radical (unpaired) electrons. The van der Waals surface area contributed by atoms with E-state index in [0.29, 0.717) is 43.3 Å². The summed E-state index contributed by atoms with van der Waals surface area (Å²) in [4.78, 5) is 43.2. The maximum absolute atomic E-state index is 14.6. The molecule has 3 saturated heterocycles. The van der Waals surface area contributed by atoms with E-state index in [9.17, 15) is 48.3 Å². The molecule has 0 amide bonds. The summed E-state index contributed by atoms with van der Waals surface area (Å²) in [5.41, 5.74) is -4.06. The Morgan fingerprint density at radius 3 is 2.20 bits per heavy atom. The first kappa shape index (κ1) is 66.9. The van der Waals surface area contributed by atoms with Gasteiger partial charge in [-0.05, 0) is 138 Å². The lowest BCUT2D eigenvalue weighted by Crippen LogP contribution is -2.61. The minimum absolute atomic E-state index is 0.0897. The van der Waals surface area contributed by atoms with Crippen molar-refractivity contribution in [2.75, 3.05) is 67.0 Å². The van der Waals surface area contributed by atoms with Crippen molar-refractivity contribution in [2.24, 2.45) is 17.8 Å². The molecule has 18 atom stereocenters. The number of carboxylic acids is 1. The summed E-state index contributed by atoms with van der Waals surface area (Å²) in [6.07, 6.45) is -5.57. The van der Waals surface area contributed by atoms with Gasteiger partial charge in [-0.3, -0.25) is 13.8 Å². The number of fused-ring (bicyclic) bond motifs is 1. The Labute approximate surface area is 478 Å². The highest BCUT2D eigenvalue weighted by Gasteiger charge is 2.54. The molecule has 81 heavy (non-hydrogen) atoms. The number of carboxylic acid groups (broad SMARTS) is 1. The fourth-order valence-electron chi connectivity index (χ4n) is 12.3. The molecule has 0 spiro atoms. The van der Waals surface area contributed by atoms with Gasteiger partial charge in [0.15, 0.2) is 12.6 Å². The van der Waals surface area contributed by atoms with E-state index in [2.05, 4.69) is 0 Å². The van der Waals surface area contributed by atoms with Crippen molar-refractivity contribution in [2.45, 2.75) is 217 Å². The zero-order chi connectivity index (χ0) is 60.1. The number of aromatic nitrogens is 1. The van der Waals surface area contributed by atoms with Crippen LogP contribution in [0.15, 0.2) is 29.2 Å². The Bertz CT molecular complexity index is 2580. The number of benzene rings is 1. The van der Waals surface area contributed by atoms with Crippen molar-refractivity contribution in [3.05, 3.63) is 45.7 Å². The van der Waals surface area contributed by atoms with Gasteiger partial charge in [0, 0.05) is 62.3 Å². The second-order valence-corrected chi connectivity index (χ2v) is 26.2. The van der Waals surface area contributed by atoms with Gasteiger partial charge >= 0.3 is 11.9 Å². The number of cyclic esters (lactones) is 1. The molecule has 22 nitrogen and oxygen atoms in total. The molecule has 23 heteroatoms. The standard InChI is InChI=1S/C58H95N3O19S/c1-15-45-58(10,69)50(64)37(6)60(13)31-33(2)29-56(8,68)51(79-55-48(63)44(59(11)12)27-34(3)75-55)35(4)49(36(5)54(67)77-45)78-46-30-57(9,72-14)52(38(7)76-46)80-81(70,71)26-25-74-24-23-73-22-16-17-39-18-21-43-41(28-39)47(62)42(53(65)66)32-61(43)40-19-20-40/h18,21,28,32-38,40,44-46,48-52,55,63-64,68-69H,15-17,19-20,22-27,29-31H2,1-14H3,(H,65,66)/t33-,34-,35+,36-,37-,38+,44+,45-,46+,48-,49+,50-,51-,52+,55+,56-,57-,58-/m1/s1. The first-order chi connectivity index (χ1) is 37.9. The Hall–Kier alpha value is -3.24. The third-order valence-corrected chi connectivity index (χ3v) is 18.5. The zero-order valence-corrected chi connectivity index (χ0v) is 51.0. The van der Waals surface area contributed by atoms with Crippen LogP contribution in [0.3, 0.4) is 0 Å². The van der Waals surface area contributed by atoms with E-state index in [-0.39, 0.29) is 68.8 Å². The fraction of sp³-hybridized carbons (Fsp3) is 0.810. The number of aryl methyl sites for hydroxylation is 1. The summed E-state index contributed by atoms with van der Waals surface area (Å²) < 4.78 is 84.8. The van der Waals surface area contributed by atoms with Crippen LogP contribution in [0.5, 0.6) is 0 Å². The molecule has 4 fully saturated rings. The number of rotatable bonds is 21. The summed E-state index contributed by atoms with van der Waals surface area (Å²) in [6.45, 7) is 17.9. The Morgan fingerprint density at radius 2 is 1.58 bits per heavy atom. The molecule has 1 aromatic heterocycles. The van der Waals surface area contributed by atoms with Crippen molar-refractivity contribution >= 4 is 33.0 Å². The van der Waals surface area contributed by atoms with Crippen LogP contribution in [0.2, 0.25) is 0 Å². The predicted molar refractivity (Wildman–Crippen MR) is 300 cm³/mol. The van der Waals surface area contributed by atoms with E-state index in [1.54, 1.807) is 54.5 Å². The molecule has 1 aromatic carbocycles. The van der Waals surface area contributed by atoms with Crippen molar-refractivity contribution in [1.82, 2.24) is 14.4 Å². The van der Waals surface area contributed by atoms with Crippen molar-refractivity contribution in [3.63, 3.8) is 0 Å². The molecule has 4 heterocycles. The van der Waals surface area contributed by atoms with E-state index in [1.807, 2.05) is 61.5 Å². The highest BCUT2D eigenvalue weighted by atomic mass is 32.2. The molecule has 2 aromatic rings. The van der Waals surface area contributed by atoms with E-state index < -0.39 is 123 Å². The number of carbonyl (C=O) groups excluding carboxylic acids is 1. The first-order valence-corrected chi connectivity index (χ1v) is 30.5. The third kappa shape index (κ3) is 16.4. The molecule has 1 aliphatic carbocycles. The van der Waals surface area contributed by atoms with Gasteiger partial charge in [-0.25, -0.2) is 4.79 Å². The quantitative estimate of drug-likeness (QED) is 0.0663. The van der Waals surface area contributed by atoms with E-state index in [0.717, 1.165) is 18.4 Å². The summed E-state index contributed by atoms with van der Waals surface area (Å²) >= 11 is 0. The van der Waals surface area contributed by atoms with Crippen LogP contribution in [0.25, 0.3) is 10.9 Å². The largest absolute Gasteiger partial charge is 0.477 e. The molecule has 6 rings (SSSR count). The summed E-state index contributed by atoms with van der Waals surface area (Å²) in [7, 11) is 2.70. The lowest BCUT2D eigenvalue weighted by molar-refractivity contribution is -0.316. The molecule has 1 saturated carbocycles. The highest BCUT2D eigenvalue weighted by Crippen LogP contribution is 2.42. The van der Waals surface area contributed by atoms with Gasteiger partial charge in [-0.1, -0.05) is 26.8 Å². The molecule has 0 unspecified atom stereocenters. The van der Waals surface area contributed by atoms with E-state index in [1.165, 1.54) is 20.2 Å². The average molecular weight is 1170 g/mol. The maximum Gasteiger partial charge on any atom is 0.341 e. The second kappa shape index (κ2) is 27.9. The number of hydrogen-bond acceptors (Lipinski definition) is 20. The Morgan fingerprint density at radius 1 is 0.914 bits per heavy atom. The summed E-state index contributed by atoms with van der Waals surface area (Å²) in [5, 5.41) is 58.1. The van der Waals surface area contributed by atoms with Gasteiger partial charge in [0.2, 0.25) is 5.43 Å². The lowest BCUT2D eigenvalue weighted by Gasteiger charge is -2.49. The Balaban J connectivity index is 1.12. The lowest BCUT2D eigenvalue weighted by atomic mass is 9.77. The van der Waals surface area contributed by atoms with Crippen LogP contribution in [-0.2, 0) is 63.4 Å². The smallest absolute Gasteiger partial charge is 0.341 e. The summed E-state index contributed by atoms with van der Waals surface area (Å²) in [6, 6.07) is 4.79. The second-order valence-electron chi connectivity index (χ2n) is 24.5. The maximum atomic E-state index is 14.6. The monoisotopic (exact) mass is 1170 g/mol. The van der Waals surface area contributed by atoms with Gasteiger partial charge in [-0.15, -0.1) is 0 Å². The number of carbonyl (C=O) groups is 2. The first-order valence-electron chi connectivity index (χ1n) is 28.9. The minimum atomic E-state index is -4.25. The molecule has 4 aliphatic rings. The average Bonchev–Trinajstić information content (AvgIpc) is 4.43. The van der Waals surface area contributed by atoms with Gasteiger partial charge < -0.3 is 77.8 Å². The number of nitrogens with zero attached hydrogens (tertiary/aromatic N) is 3. The molecule has 3 aliphatic heterocycles. The molecule has 0 bridgehead atoms. The van der Waals surface area contributed by atoms with Crippen LogP contribution < -0.4 is 5.43 Å². The summed E-state index contributed by atoms with van der Waals surface area (Å²) in [5.74, 6) is -4.78. The SMILES string of the molecule is CC[C@H]1OC(=O)[C@H](C)[C@@H](O[C@H]2C[C@@](C)(OC)[C@@H](OS(=O)(=O)CCOCCOCCCc3ccc4c(c3)c(=O)c(C(=O)O)cn4C3CC3)[C@H](C)O2)[C@H](C)[C@@H](O[C@@H]2O[C@H](C)C[C@H](N(C)C)[C@H]2O)[C@](C)(O)C[C@@H](C)CN(C)[C@H](C)[C@@H](O)[C@]1(C)O. The van der Waals surface area contributed by atoms with Crippen molar-refractivity contribution in [3.8, 4) is 0 Å². The topological polar surface area (TPSA) is 281 Å². The number of esters is 1. The van der Waals surface area contributed by atoms with Crippen molar-refractivity contribution in [1.29, 1.82) is 0 Å². The number of pyridine rings is 1. The van der Waals surface area contributed by atoms with Crippen LogP contribution in [-0.4, -0.2) is 218 Å². The molecule has 5 N–H and O–H groups in total. The van der Waals surface area contributed by atoms with Crippen LogP contribution >= 0.6 is 0 Å². The normalized spacial score (nSPS) is 37.2. The number of aliphatic hydroxyl groups excluding tert-OH is 2. The van der Waals surface area contributed by atoms with Crippen molar-refractivity contribution < 1.29 is 85.6 Å². The predicted octanol–water partition coefficient (Wildman–Crippen LogP) is 4.27. The molecule has 462 valence electrons. The van der Waals surface area contributed by atoms with Crippen LogP contribution in [0, 0.1) is 17.8 Å². The number of likely N-dealkylation sites (N-methyl/N-ethyl adjacent to an activating group) is 2. The number of ether oxygens (including phenoxy) is 8. The van der Waals surface area contributed by atoms with Crippen LogP contribution in [0.4, 0.5) is 0 Å². The number of aromatic carboxylic acids is 1. The third-order valence-electron chi connectivity index (χ3n) is 17.3. The minimum Gasteiger partial charge on any atom is -0.477 e. The van der Waals surface area contributed by atoms with Gasteiger partial charge in [0.25, 0.3) is 10.1 Å². The highest BCUT2D eigenvalue weighted by molar-refractivity contribution is 7.86. The number of aliphatic hydroxyl groups is 4. The van der Waals surface area contributed by atoms with Gasteiger partial charge in [-0.2, -0.15) is 8.42 Å². The molecular weight excluding hydrogens is 1070 g/mol. The fourth-order valence-corrected chi connectivity index (χ4v) is 13.4. The van der Waals surface area contributed by atoms with E-state index >= 15 is 0 Å². The van der Waals surface area contributed by atoms with Crippen LogP contribution in [0.1, 0.15) is 136 Å². The zero-order valence-electron chi connectivity index (χ0n) is 50.1. The molecular formula is C58H95N3O19S. The Kier molecular flexibility index (Phi) is 23.0. The van der Waals surface area contributed by atoms with Gasteiger partial charge in [0.1, 0.15) is 35.6 Å². The van der Waals surface area contributed by atoms with Gasteiger partial charge in [0.05, 0.1) is 72.6 Å². The van der Waals surface area contributed by atoms with E-state index in [4.69, 9.17) is 42.1 Å². The number of methoxy groups -OCH3 is 1.